The van der Waals surface area contributed by atoms with E-state index >= 15 is 0 Å². The summed E-state index contributed by atoms with van der Waals surface area (Å²) in [7, 11) is 1.96. The normalized spacial score (nSPS) is 18.3. The van der Waals surface area contributed by atoms with Crippen LogP contribution in [-0.2, 0) is 51.0 Å². The van der Waals surface area contributed by atoms with Crippen molar-refractivity contribution in [2.45, 2.75) is 293 Å². The Balaban J connectivity index is 0.000000486. The van der Waals surface area contributed by atoms with E-state index in [4.69, 9.17) is 33.2 Å². The molecule has 11 heteroatoms. The largest absolute Gasteiger partial charge is 0.497 e. The van der Waals surface area contributed by atoms with Gasteiger partial charge in [0.2, 0.25) is 19.4 Å². The predicted octanol–water partition coefficient (Wildman–Crippen LogP) is 20.6. The fourth-order valence-electron chi connectivity index (χ4n) is 9.63. The lowest BCUT2D eigenvalue weighted by Crippen LogP contribution is -2.24. The maximum absolute atomic E-state index is 5.91. The van der Waals surface area contributed by atoms with Gasteiger partial charge in [0.1, 0.15) is 40.3 Å². The Hall–Kier alpha value is -3.89. The van der Waals surface area contributed by atoms with Crippen molar-refractivity contribution in [3.8, 4) is 0 Å². The number of rotatable bonds is 0. The Morgan fingerprint density at radius 1 is 0.370 bits per heavy atom. The Labute approximate surface area is 499 Å². The summed E-state index contributed by atoms with van der Waals surface area (Å²) in [5.41, 5.74) is 7.82. The summed E-state index contributed by atoms with van der Waals surface area (Å²) >= 11 is 0. The molecule has 6 heterocycles. The van der Waals surface area contributed by atoms with Gasteiger partial charge in [-0.1, -0.05) is 254 Å². The van der Waals surface area contributed by atoms with E-state index in [1.54, 1.807) is 0 Å². The zero-order chi connectivity index (χ0) is 64.3. The molecular formula is C70H128N4O7. The molecule has 0 N–H and O–H groups in total. The number of hydrogen-bond acceptors (Lipinski definition) is 10. The maximum Gasteiger partial charge on any atom is 0.245 e. The van der Waals surface area contributed by atoms with Crippen LogP contribution in [0, 0.1) is 54.1 Å². The molecule has 81 heavy (non-hydrogen) atoms. The lowest BCUT2D eigenvalue weighted by Gasteiger charge is -2.27. The molecule has 5 aliphatic heterocycles. The van der Waals surface area contributed by atoms with Crippen molar-refractivity contribution in [1.82, 2.24) is 15.0 Å². The molecule has 0 fully saturated rings. The molecule has 0 amide bonds. The van der Waals surface area contributed by atoms with Crippen molar-refractivity contribution in [2.24, 2.45) is 66.2 Å². The fourth-order valence-corrected chi connectivity index (χ4v) is 9.63. The number of aromatic nitrogens is 3. The Kier molecular flexibility index (Phi) is 23.9. The molecule has 0 radical (unpaired) electrons. The number of nitrogens with zero attached hydrogens (tertiary/aromatic N) is 4. The van der Waals surface area contributed by atoms with Crippen molar-refractivity contribution in [3.05, 3.63) is 68.5 Å². The van der Waals surface area contributed by atoms with Crippen LogP contribution >= 0.6 is 0 Å². The molecule has 0 saturated heterocycles. The molecular weight excluding hydrogens is 1010 g/mol. The Bertz CT molecular complexity index is 2190. The highest BCUT2D eigenvalue weighted by Crippen LogP contribution is 2.48. The van der Waals surface area contributed by atoms with Crippen LogP contribution in [0.15, 0.2) is 62.1 Å². The highest BCUT2D eigenvalue weighted by Gasteiger charge is 2.44. The molecule has 0 aromatic carbocycles. The Morgan fingerprint density at radius 2 is 0.691 bits per heavy atom. The molecule has 0 aliphatic carbocycles. The molecule has 0 bridgehead atoms. The second kappa shape index (κ2) is 25.8. The minimum absolute atomic E-state index is 0.00359. The summed E-state index contributed by atoms with van der Waals surface area (Å²) < 4.78 is 41.5. The van der Waals surface area contributed by atoms with E-state index in [9.17, 15) is 0 Å². The van der Waals surface area contributed by atoms with Crippen LogP contribution in [0.3, 0.4) is 0 Å². The monoisotopic (exact) mass is 1140 g/mol. The molecule has 1 aromatic rings. The number of aliphatic imine (C=N–C) groups is 1. The van der Waals surface area contributed by atoms with Gasteiger partial charge in [0.25, 0.3) is 0 Å². The van der Waals surface area contributed by atoms with Crippen LogP contribution in [0.5, 0.6) is 0 Å². The van der Waals surface area contributed by atoms with Crippen molar-refractivity contribution in [2.75, 3.05) is 20.2 Å². The van der Waals surface area contributed by atoms with Crippen molar-refractivity contribution >= 4 is 6.21 Å². The topological polar surface area (TPSA) is 108 Å². The smallest absolute Gasteiger partial charge is 0.245 e. The van der Waals surface area contributed by atoms with Crippen LogP contribution < -0.4 is 0 Å². The maximum atomic E-state index is 5.91. The van der Waals surface area contributed by atoms with E-state index < -0.39 is 5.79 Å². The first-order valence-electron chi connectivity index (χ1n) is 30.2. The minimum atomic E-state index is -0.523. The van der Waals surface area contributed by atoms with E-state index in [-0.39, 0.29) is 65.0 Å². The van der Waals surface area contributed by atoms with Gasteiger partial charge < -0.3 is 33.2 Å². The van der Waals surface area contributed by atoms with Gasteiger partial charge in [-0.15, -0.1) is 5.10 Å². The van der Waals surface area contributed by atoms with Gasteiger partial charge in [-0.25, -0.2) is 0 Å². The van der Waals surface area contributed by atoms with E-state index in [0.717, 1.165) is 59.7 Å². The lowest BCUT2D eigenvalue weighted by atomic mass is 9.78. The van der Waals surface area contributed by atoms with Gasteiger partial charge >= 0.3 is 0 Å². The molecule has 0 atom stereocenters. The number of aryl methyl sites for hydroxylation is 1. The van der Waals surface area contributed by atoms with E-state index in [0.29, 0.717) is 13.6 Å². The first-order valence-corrected chi connectivity index (χ1v) is 30.2. The summed E-state index contributed by atoms with van der Waals surface area (Å²) in [6, 6.07) is 0. The zero-order valence-electron chi connectivity index (χ0n) is 60.3. The third-order valence-electron chi connectivity index (χ3n) is 13.3. The first kappa shape index (κ1) is 75.1. The van der Waals surface area contributed by atoms with Crippen molar-refractivity contribution in [1.29, 1.82) is 0 Å². The molecule has 0 unspecified atom stereocenters. The van der Waals surface area contributed by atoms with Crippen molar-refractivity contribution < 1.29 is 33.2 Å². The molecule has 0 spiro atoms. The van der Waals surface area contributed by atoms with Crippen molar-refractivity contribution in [3.63, 3.8) is 0 Å². The van der Waals surface area contributed by atoms with Crippen LogP contribution in [-0.4, -0.2) is 47.2 Å². The van der Waals surface area contributed by atoms with Gasteiger partial charge in [-0.05, 0) is 22.0 Å². The van der Waals surface area contributed by atoms with E-state index in [1.807, 2.05) is 31.8 Å². The molecule has 470 valence electrons. The average molecular weight is 1140 g/mol. The molecule has 11 nitrogen and oxygen atoms in total. The van der Waals surface area contributed by atoms with Crippen LogP contribution in [0.2, 0.25) is 0 Å². The standard InChI is InChI=1S/C13H24O2.C12H21N.C12H22O.C11H21N3.2C11H20O2/c1-11(2,3)9-10(12(4,5)6)15-13(7,8)14-9;2*1-11(2,3)9-7-8-13-10(9)12(4,5)6;1-10(2,3)8-9(11(4,5)6)14(7)13-12-8;2*1-10(2,3)8-9(11(4,5)6)13-7-12-8/h1-8H3;8H,7H2,1-6H3;7-8H2,1-6H3;1-7H3;2*7H2,1-6H3. The van der Waals surface area contributed by atoms with Gasteiger partial charge in [0.05, 0.1) is 18.0 Å². The molecule has 0 saturated carbocycles. The van der Waals surface area contributed by atoms with Gasteiger partial charge in [-0.3, -0.25) is 9.67 Å². The third kappa shape index (κ3) is 22.9. The summed E-state index contributed by atoms with van der Waals surface area (Å²) in [5.74, 6) is 6.67. The summed E-state index contributed by atoms with van der Waals surface area (Å²) in [5, 5.41) is 8.38. The molecule has 5 aliphatic rings. The minimum Gasteiger partial charge on any atom is -0.497 e. The third-order valence-corrected chi connectivity index (χ3v) is 13.3. The van der Waals surface area contributed by atoms with Gasteiger partial charge in [-0.2, -0.15) is 0 Å². The zero-order valence-corrected chi connectivity index (χ0v) is 60.3. The number of ether oxygens (including phenoxy) is 7. The number of allylic oxidation sites excluding steroid dienone is 9. The summed E-state index contributed by atoms with van der Waals surface area (Å²) in [6.07, 6.45) is 4.19. The lowest BCUT2D eigenvalue weighted by molar-refractivity contribution is -0.135. The van der Waals surface area contributed by atoms with Gasteiger partial charge in [0.15, 0.2) is 0 Å². The molecule has 6 rings (SSSR count). The van der Waals surface area contributed by atoms with Crippen LogP contribution in [0.25, 0.3) is 0 Å². The number of hydrogen-bond donors (Lipinski definition) is 0. The van der Waals surface area contributed by atoms with Gasteiger partial charge in [0, 0.05) is 99.8 Å². The quantitative estimate of drug-likeness (QED) is 0.251. The SMILES string of the molecule is CC(C)(C)C1=C(C(C)(C)C)N=CC1.CC(C)(C)C1=C(C(C)(C)C)OCC1.CC(C)(C)C1=C(C(C)(C)C)OCO1.CC(C)(C)C1=C(C(C)(C)C)OCO1.CC1(C)OC(C(C)(C)C)=C(C(C)(C)C)O1.Cn1nnc(C(C)(C)C)c1C(C)(C)C. The average Bonchev–Trinajstić information content (AvgIpc) is 4.06. The van der Waals surface area contributed by atoms with E-state index in [2.05, 4.69) is 265 Å². The highest BCUT2D eigenvalue weighted by atomic mass is 16.7. The highest BCUT2D eigenvalue weighted by molar-refractivity contribution is 5.68. The van der Waals surface area contributed by atoms with Crippen LogP contribution in [0.1, 0.15) is 287 Å². The van der Waals surface area contributed by atoms with E-state index in [1.165, 1.54) is 28.3 Å². The Morgan fingerprint density at radius 3 is 0.914 bits per heavy atom. The molecule has 1 aromatic heterocycles. The summed E-state index contributed by atoms with van der Waals surface area (Å²) in [4.78, 5) is 4.51. The fraction of sp³-hybridized carbons (Fsp3) is 0.814. The first-order chi connectivity index (χ1) is 35.5. The van der Waals surface area contributed by atoms with Crippen LogP contribution in [0.4, 0.5) is 0 Å². The second-order valence-corrected chi connectivity index (χ2v) is 35.6. The second-order valence-electron chi connectivity index (χ2n) is 35.6. The summed E-state index contributed by atoms with van der Waals surface area (Å²) in [6.45, 7) is 84.2. The predicted molar refractivity (Wildman–Crippen MR) is 342 cm³/mol.